The predicted molar refractivity (Wildman–Crippen MR) is 348 cm³/mol. The smallest absolute Gasteiger partial charge is 0.260 e. The van der Waals surface area contributed by atoms with Gasteiger partial charge >= 0.3 is 0 Å². The van der Waals surface area contributed by atoms with Gasteiger partial charge in [0.2, 0.25) is 11.9 Å². The molecule has 3 saturated heterocycles. The standard InChI is InChI=1S/C70H82N10O8/c1-8-86-65-43-53(22-25-60(65)73-70-71-45-62-66(74-70)76(4)61-16-10-9-15-58(61)69(83)77(62)5)79-38-29-49(30-39-79)68(82)80-36-27-47(28-37-80)46-78-34-31-54(32-35-78)88-56-23-24-57(64(44-56)87-40-12-33-75(2)3)48-17-20-52(21-18-48)72-67(81)51-19-26-63(85-7)59(42-51)50-13-11-14-55(41-50)84-6/h9-11,13-26,41-45,47,49,54H,8,12,27-40,46H2,1-7H3,(H,72,81)(H,71,73,74). The number of ether oxygens (including phenoxy) is 5. The summed E-state index contributed by atoms with van der Waals surface area (Å²) in [5.41, 5.74) is 8.57. The Hall–Kier alpha value is -8.87. The molecule has 18 heteroatoms. The van der Waals surface area contributed by atoms with Crippen molar-refractivity contribution in [2.24, 2.45) is 11.8 Å². The molecule has 0 radical (unpaired) electrons. The maximum Gasteiger partial charge on any atom is 0.260 e. The average Bonchev–Trinajstić information content (AvgIpc) is 3.50. The number of fused-ring (bicyclic) bond motifs is 2. The molecule has 460 valence electrons. The van der Waals surface area contributed by atoms with Crippen LogP contribution in [0.4, 0.5) is 40.2 Å². The van der Waals surface area contributed by atoms with Crippen molar-refractivity contribution in [3.05, 3.63) is 145 Å². The van der Waals surface area contributed by atoms with Crippen LogP contribution >= 0.6 is 0 Å². The molecule has 4 aliphatic rings. The molecule has 1 aromatic heterocycles. The molecule has 18 nitrogen and oxygen atoms in total. The number of carbonyl (C=O) groups is 3. The molecule has 3 amide bonds. The summed E-state index contributed by atoms with van der Waals surface area (Å²) in [6.45, 7) is 10.1. The lowest BCUT2D eigenvalue weighted by Gasteiger charge is -2.40. The largest absolute Gasteiger partial charge is 0.497 e. The van der Waals surface area contributed by atoms with Crippen molar-refractivity contribution < 1.29 is 38.1 Å². The Labute approximate surface area is 517 Å². The summed E-state index contributed by atoms with van der Waals surface area (Å²) in [5.74, 6) is 5.18. The van der Waals surface area contributed by atoms with Crippen molar-refractivity contribution in [2.75, 3.05) is 133 Å². The van der Waals surface area contributed by atoms with Crippen molar-refractivity contribution in [3.63, 3.8) is 0 Å². The zero-order valence-electron chi connectivity index (χ0n) is 51.8. The number of nitrogens with zero attached hydrogens (tertiary/aromatic N) is 8. The number of hydrogen-bond acceptors (Lipinski definition) is 15. The minimum atomic E-state index is -0.227. The van der Waals surface area contributed by atoms with Crippen LogP contribution in [-0.2, 0) is 4.79 Å². The van der Waals surface area contributed by atoms with E-state index in [1.165, 1.54) is 0 Å². The van der Waals surface area contributed by atoms with Gasteiger partial charge in [-0.1, -0.05) is 36.4 Å². The van der Waals surface area contributed by atoms with Gasteiger partial charge in [0.05, 0.1) is 50.6 Å². The van der Waals surface area contributed by atoms with Gasteiger partial charge in [-0.2, -0.15) is 4.98 Å². The molecule has 4 aliphatic heterocycles. The summed E-state index contributed by atoms with van der Waals surface area (Å²) in [6.07, 6.45) is 8.21. The van der Waals surface area contributed by atoms with Gasteiger partial charge in [-0.15, -0.1) is 0 Å². The highest BCUT2D eigenvalue weighted by atomic mass is 16.5. The summed E-state index contributed by atoms with van der Waals surface area (Å²) >= 11 is 0. The number of methoxy groups -OCH3 is 2. The van der Waals surface area contributed by atoms with E-state index in [1.54, 1.807) is 38.4 Å². The van der Waals surface area contributed by atoms with Crippen LogP contribution in [0.15, 0.2) is 134 Å². The van der Waals surface area contributed by atoms with Gasteiger partial charge in [0.25, 0.3) is 11.8 Å². The van der Waals surface area contributed by atoms with Crippen molar-refractivity contribution in [1.29, 1.82) is 0 Å². The normalized spacial score (nSPS) is 16.0. The fourth-order valence-electron chi connectivity index (χ4n) is 12.5. The van der Waals surface area contributed by atoms with Crippen LogP contribution in [0.5, 0.6) is 28.7 Å². The number of hydrogen-bond donors (Lipinski definition) is 2. The molecule has 0 saturated carbocycles. The average molecular weight is 1190 g/mol. The third-order valence-electron chi connectivity index (χ3n) is 17.5. The minimum absolute atomic E-state index is 0.0204. The van der Waals surface area contributed by atoms with Crippen molar-refractivity contribution in [2.45, 2.75) is 58.0 Å². The second kappa shape index (κ2) is 27.9. The molecule has 0 unspecified atom stereocenters. The molecular formula is C70H82N10O8. The minimum Gasteiger partial charge on any atom is -0.497 e. The number of piperidine rings is 3. The Balaban J connectivity index is 0.636. The van der Waals surface area contributed by atoms with Gasteiger partial charge in [-0.05, 0) is 162 Å². The van der Waals surface area contributed by atoms with Crippen molar-refractivity contribution >= 4 is 57.9 Å². The lowest BCUT2D eigenvalue weighted by molar-refractivity contribution is -0.137. The number of nitrogens with one attached hydrogen (secondary N) is 2. The summed E-state index contributed by atoms with van der Waals surface area (Å²) < 4.78 is 30.4. The second-order valence-electron chi connectivity index (χ2n) is 23.6. The van der Waals surface area contributed by atoms with E-state index in [0.717, 1.165) is 154 Å². The Bertz CT molecular complexity index is 3580. The topological polar surface area (TPSA) is 167 Å². The Kier molecular flexibility index (Phi) is 19.3. The van der Waals surface area contributed by atoms with E-state index in [2.05, 4.69) is 67.5 Å². The third kappa shape index (κ3) is 14.1. The van der Waals surface area contributed by atoms with Crippen LogP contribution in [-0.4, -0.2) is 156 Å². The number of benzene rings is 6. The quantitative estimate of drug-likeness (QED) is 0.0652. The molecule has 0 spiro atoms. The summed E-state index contributed by atoms with van der Waals surface area (Å²) in [7, 11) is 11.0. The zero-order chi connectivity index (χ0) is 61.3. The number of aromatic nitrogens is 2. The molecule has 5 heterocycles. The van der Waals surface area contributed by atoms with E-state index in [-0.39, 0.29) is 23.8 Å². The third-order valence-corrected chi connectivity index (χ3v) is 17.5. The van der Waals surface area contributed by atoms with E-state index in [1.807, 2.05) is 122 Å². The molecular weight excluding hydrogens is 1110 g/mol. The van der Waals surface area contributed by atoms with E-state index in [4.69, 9.17) is 28.7 Å². The van der Waals surface area contributed by atoms with E-state index in [9.17, 15) is 14.4 Å². The maximum absolute atomic E-state index is 14.0. The van der Waals surface area contributed by atoms with Crippen molar-refractivity contribution in [1.82, 2.24) is 24.7 Å². The predicted octanol–water partition coefficient (Wildman–Crippen LogP) is 11.9. The van der Waals surface area contributed by atoms with Gasteiger partial charge in [-0.3, -0.25) is 14.4 Å². The lowest BCUT2D eigenvalue weighted by atomic mass is 9.91. The SMILES string of the molecule is CCOc1cc(N2CCC(C(=O)N3CCC(CN4CCC(Oc5ccc(-c6ccc(NC(=O)c7ccc(OC)c(-c8cccc(OC)c8)c7)cc6)c(OCCCN(C)C)c5)CC4)CC3)CC2)ccc1Nc1ncc2c(n1)N(C)c1ccccc1C(=O)N2C. The molecule has 2 N–H and O–H groups in total. The molecule has 88 heavy (non-hydrogen) atoms. The first-order chi connectivity index (χ1) is 42.8. The summed E-state index contributed by atoms with van der Waals surface area (Å²) in [5, 5.41) is 6.45. The van der Waals surface area contributed by atoms with Gasteiger partial charge in [0.1, 0.15) is 40.5 Å². The highest BCUT2D eigenvalue weighted by Crippen LogP contribution is 2.41. The number of rotatable bonds is 21. The van der Waals surface area contributed by atoms with Gasteiger partial charge in [-0.25, -0.2) is 4.98 Å². The van der Waals surface area contributed by atoms with Crippen LogP contribution in [0.2, 0.25) is 0 Å². The number of para-hydroxylation sites is 1. The zero-order valence-corrected chi connectivity index (χ0v) is 51.8. The van der Waals surface area contributed by atoms with E-state index < -0.39 is 0 Å². The van der Waals surface area contributed by atoms with Gasteiger partial charge < -0.3 is 63.7 Å². The van der Waals surface area contributed by atoms with Crippen LogP contribution in [0.25, 0.3) is 22.3 Å². The Morgan fingerprint density at radius 2 is 1.45 bits per heavy atom. The van der Waals surface area contributed by atoms with Crippen LogP contribution < -0.4 is 49.0 Å². The number of carbonyl (C=O) groups excluding carboxylic acids is 3. The fourth-order valence-corrected chi connectivity index (χ4v) is 12.5. The highest BCUT2D eigenvalue weighted by Gasteiger charge is 2.34. The van der Waals surface area contributed by atoms with Gasteiger partial charge in [0, 0.05) is 113 Å². The first-order valence-corrected chi connectivity index (χ1v) is 30.9. The van der Waals surface area contributed by atoms with Crippen LogP contribution in [0, 0.1) is 11.8 Å². The molecule has 6 aromatic carbocycles. The van der Waals surface area contributed by atoms with E-state index >= 15 is 0 Å². The van der Waals surface area contributed by atoms with Gasteiger partial charge in [0.15, 0.2) is 5.82 Å². The van der Waals surface area contributed by atoms with Crippen molar-refractivity contribution in [3.8, 4) is 51.0 Å². The summed E-state index contributed by atoms with van der Waals surface area (Å²) in [4.78, 5) is 63.2. The second-order valence-corrected chi connectivity index (χ2v) is 23.6. The molecule has 0 bridgehead atoms. The number of anilines is 7. The molecule has 0 aliphatic carbocycles. The Morgan fingerprint density at radius 1 is 0.670 bits per heavy atom. The molecule has 3 fully saturated rings. The molecule has 7 aromatic rings. The number of likely N-dealkylation sites (tertiary alicyclic amines) is 2. The molecule has 0 atom stereocenters. The maximum atomic E-state index is 14.0. The van der Waals surface area contributed by atoms with Crippen LogP contribution in [0.3, 0.4) is 0 Å². The first-order valence-electron chi connectivity index (χ1n) is 30.9. The molecule has 11 rings (SSSR count). The van der Waals surface area contributed by atoms with E-state index in [0.29, 0.717) is 70.8 Å². The lowest BCUT2D eigenvalue weighted by Crippen LogP contribution is -2.47. The first kappa shape index (κ1) is 60.8. The monoisotopic (exact) mass is 1190 g/mol. The summed E-state index contributed by atoms with van der Waals surface area (Å²) in [6, 6.07) is 40.8. The Morgan fingerprint density at radius 3 is 2.20 bits per heavy atom. The highest BCUT2D eigenvalue weighted by molar-refractivity contribution is 6.13. The van der Waals surface area contributed by atoms with Crippen LogP contribution in [0.1, 0.15) is 72.6 Å². The number of amides is 3. The fraction of sp³-hybridized carbons (Fsp3) is 0.386.